The van der Waals surface area contributed by atoms with Gasteiger partial charge in [0.1, 0.15) is 0 Å². The Morgan fingerprint density at radius 2 is 2.26 bits per heavy atom. The lowest BCUT2D eigenvalue weighted by atomic mass is 9.92. The van der Waals surface area contributed by atoms with Gasteiger partial charge in [0.2, 0.25) is 0 Å². The van der Waals surface area contributed by atoms with Gasteiger partial charge < -0.3 is 4.90 Å². The van der Waals surface area contributed by atoms with E-state index in [1.165, 1.54) is 57.3 Å². The maximum absolute atomic E-state index is 6.03. The molecule has 0 N–H and O–H groups in total. The fraction of sp³-hybridized carbons (Fsp3) is 0.647. The van der Waals surface area contributed by atoms with Crippen LogP contribution in [-0.2, 0) is 6.42 Å². The highest BCUT2D eigenvalue weighted by molar-refractivity contribution is 6.30. The van der Waals surface area contributed by atoms with E-state index in [1.54, 1.807) is 0 Å². The van der Waals surface area contributed by atoms with Crippen LogP contribution in [0.5, 0.6) is 0 Å². The van der Waals surface area contributed by atoms with Crippen LogP contribution in [0.3, 0.4) is 0 Å². The number of halogens is 1. The lowest BCUT2D eigenvalue weighted by Gasteiger charge is -2.32. The van der Waals surface area contributed by atoms with Gasteiger partial charge in [0.05, 0.1) is 0 Å². The molecule has 19 heavy (non-hydrogen) atoms. The third-order valence-corrected chi connectivity index (χ3v) is 4.41. The number of hydrogen-bond donors (Lipinski definition) is 0. The second-order valence-electron chi connectivity index (χ2n) is 5.83. The summed E-state index contributed by atoms with van der Waals surface area (Å²) in [4.78, 5) is 2.64. The van der Waals surface area contributed by atoms with Gasteiger partial charge in [-0.15, -0.1) is 0 Å². The van der Waals surface area contributed by atoms with Crippen LogP contribution in [0, 0.1) is 5.92 Å². The maximum atomic E-state index is 6.03. The number of rotatable bonds is 6. The molecule has 1 nitrogen and oxygen atoms in total. The van der Waals surface area contributed by atoms with Gasteiger partial charge in [0.25, 0.3) is 0 Å². The van der Waals surface area contributed by atoms with Gasteiger partial charge in [0, 0.05) is 18.1 Å². The van der Waals surface area contributed by atoms with E-state index in [4.69, 9.17) is 11.6 Å². The lowest BCUT2D eigenvalue weighted by molar-refractivity contribution is 0.168. The minimum atomic E-state index is 0.858. The van der Waals surface area contributed by atoms with E-state index in [0.717, 1.165) is 17.4 Å². The molecule has 1 aromatic rings. The molecule has 1 aliphatic heterocycles. The first kappa shape index (κ1) is 14.9. The monoisotopic (exact) mass is 279 g/mol. The van der Waals surface area contributed by atoms with E-state index < -0.39 is 0 Å². The summed E-state index contributed by atoms with van der Waals surface area (Å²) in [6.07, 6.45) is 8.09. The number of nitrogens with zero attached hydrogens (tertiary/aromatic N) is 1. The van der Waals surface area contributed by atoms with Gasteiger partial charge >= 0.3 is 0 Å². The number of hydrogen-bond acceptors (Lipinski definition) is 1. The van der Waals surface area contributed by atoms with Gasteiger partial charge in [0.15, 0.2) is 0 Å². The van der Waals surface area contributed by atoms with Crippen LogP contribution in [0.25, 0.3) is 0 Å². The molecule has 1 heterocycles. The summed E-state index contributed by atoms with van der Waals surface area (Å²) in [6, 6.07) is 8.29. The standard InChI is InChI=1S/C17H26ClN/c1-2-3-6-16-8-5-11-19(14-16)12-10-15-7-4-9-17(18)13-15/h4,7,9,13,16H,2-3,5-6,8,10-12,14H2,1H3. The highest BCUT2D eigenvalue weighted by atomic mass is 35.5. The van der Waals surface area contributed by atoms with Crippen molar-refractivity contribution in [2.75, 3.05) is 19.6 Å². The SMILES string of the molecule is CCCCC1CCCN(CCc2cccc(Cl)c2)C1. The summed E-state index contributed by atoms with van der Waals surface area (Å²) in [7, 11) is 0. The van der Waals surface area contributed by atoms with Gasteiger partial charge in [-0.2, -0.15) is 0 Å². The van der Waals surface area contributed by atoms with Gasteiger partial charge in [-0.3, -0.25) is 0 Å². The van der Waals surface area contributed by atoms with Crippen LogP contribution in [0.2, 0.25) is 5.02 Å². The molecule has 0 spiro atoms. The molecule has 1 aromatic carbocycles. The second kappa shape index (κ2) is 7.91. The highest BCUT2D eigenvalue weighted by Gasteiger charge is 2.18. The average Bonchev–Trinajstić information content (AvgIpc) is 2.43. The average molecular weight is 280 g/mol. The quantitative estimate of drug-likeness (QED) is 0.724. The Morgan fingerprint density at radius 3 is 3.05 bits per heavy atom. The molecule has 1 saturated heterocycles. The topological polar surface area (TPSA) is 3.24 Å². The fourth-order valence-corrected chi connectivity index (χ4v) is 3.28. The highest BCUT2D eigenvalue weighted by Crippen LogP contribution is 2.22. The molecule has 0 amide bonds. The molecule has 106 valence electrons. The number of likely N-dealkylation sites (tertiary alicyclic amines) is 1. The summed E-state index contributed by atoms with van der Waals surface area (Å²) in [5.74, 6) is 0.938. The molecule has 0 radical (unpaired) electrons. The van der Waals surface area contributed by atoms with E-state index in [-0.39, 0.29) is 0 Å². The molecule has 0 aromatic heterocycles. The normalized spacial score (nSPS) is 20.6. The Hall–Kier alpha value is -0.530. The minimum absolute atomic E-state index is 0.858. The molecule has 1 fully saturated rings. The molecule has 2 rings (SSSR count). The Bertz CT molecular complexity index is 377. The van der Waals surface area contributed by atoms with Crippen molar-refractivity contribution in [1.82, 2.24) is 4.90 Å². The fourth-order valence-electron chi connectivity index (χ4n) is 3.06. The second-order valence-corrected chi connectivity index (χ2v) is 6.27. The van der Waals surface area contributed by atoms with E-state index in [9.17, 15) is 0 Å². The summed E-state index contributed by atoms with van der Waals surface area (Å²) in [5.41, 5.74) is 1.36. The first-order valence-electron chi connectivity index (χ1n) is 7.74. The summed E-state index contributed by atoms with van der Waals surface area (Å²) >= 11 is 6.03. The van der Waals surface area contributed by atoms with Crippen molar-refractivity contribution in [1.29, 1.82) is 0 Å². The van der Waals surface area contributed by atoms with Crippen molar-refractivity contribution < 1.29 is 0 Å². The van der Waals surface area contributed by atoms with Crippen LogP contribution in [0.15, 0.2) is 24.3 Å². The molecule has 1 aliphatic rings. The van der Waals surface area contributed by atoms with Crippen LogP contribution < -0.4 is 0 Å². The molecule has 0 aliphatic carbocycles. The zero-order chi connectivity index (χ0) is 13.5. The number of unbranched alkanes of at least 4 members (excludes halogenated alkanes) is 1. The van der Waals surface area contributed by atoms with E-state index in [1.807, 2.05) is 6.07 Å². The van der Waals surface area contributed by atoms with E-state index in [0.29, 0.717) is 0 Å². The van der Waals surface area contributed by atoms with Crippen molar-refractivity contribution in [3.05, 3.63) is 34.9 Å². The first-order chi connectivity index (χ1) is 9.28. The van der Waals surface area contributed by atoms with Crippen molar-refractivity contribution in [3.63, 3.8) is 0 Å². The Morgan fingerprint density at radius 1 is 1.37 bits per heavy atom. The maximum Gasteiger partial charge on any atom is 0.0408 e. The number of piperidine rings is 1. The minimum Gasteiger partial charge on any atom is -0.303 e. The predicted molar refractivity (Wildman–Crippen MR) is 83.8 cm³/mol. The molecule has 1 unspecified atom stereocenters. The molecular formula is C17H26ClN. The molecular weight excluding hydrogens is 254 g/mol. The van der Waals surface area contributed by atoms with Crippen LogP contribution >= 0.6 is 11.6 Å². The van der Waals surface area contributed by atoms with Crippen molar-refractivity contribution in [3.8, 4) is 0 Å². The molecule has 0 bridgehead atoms. The zero-order valence-corrected chi connectivity index (χ0v) is 12.8. The third-order valence-electron chi connectivity index (χ3n) is 4.17. The third kappa shape index (κ3) is 5.16. The van der Waals surface area contributed by atoms with Crippen molar-refractivity contribution >= 4 is 11.6 Å². The summed E-state index contributed by atoms with van der Waals surface area (Å²) in [6.45, 7) is 6.06. The van der Waals surface area contributed by atoms with Gasteiger partial charge in [-0.1, -0.05) is 43.5 Å². The van der Waals surface area contributed by atoms with Crippen LogP contribution in [0.4, 0.5) is 0 Å². The first-order valence-corrected chi connectivity index (χ1v) is 8.12. The van der Waals surface area contributed by atoms with E-state index in [2.05, 4.69) is 30.0 Å². The summed E-state index contributed by atoms with van der Waals surface area (Å²) < 4.78 is 0. The Kier molecular flexibility index (Phi) is 6.19. The molecule has 2 heteroatoms. The Labute approximate surface area is 123 Å². The number of benzene rings is 1. The van der Waals surface area contributed by atoms with Crippen molar-refractivity contribution in [2.24, 2.45) is 5.92 Å². The zero-order valence-electron chi connectivity index (χ0n) is 12.1. The summed E-state index contributed by atoms with van der Waals surface area (Å²) in [5, 5.41) is 0.858. The van der Waals surface area contributed by atoms with Crippen LogP contribution in [-0.4, -0.2) is 24.5 Å². The van der Waals surface area contributed by atoms with E-state index >= 15 is 0 Å². The van der Waals surface area contributed by atoms with Gasteiger partial charge in [-0.25, -0.2) is 0 Å². The Balaban J connectivity index is 1.76. The van der Waals surface area contributed by atoms with Crippen molar-refractivity contribution in [2.45, 2.75) is 45.4 Å². The van der Waals surface area contributed by atoms with Gasteiger partial charge in [-0.05, 0) is 55.8 Å². The predicted octanol–water partition coefficient (Wildman–Crippen LogP) is 4.78. The smallest absolute Gasteiger partial charge is 0.0408 e. The molecule has 0 saturated carbocycles. The molecule has 1 atom stereocenters. The largest absolute Gasteiger partial charge is 0.303 e. The van der Waals surface area contributed by atoms with Crippen LogP contribution in [0.1, 0.15) is 44.6 Å². The lowest BCUT2D eigenvalue weighted by Crippen LogP contribution is -2.36.